The molecule has 2 N–H and O–H groups in total. The topological polar surface area (TPSA) is 131 Å². The van der Waals surface area contributed by atoms with Gasteiger partial charge in [-0.25, -0.2) is 9.40 Å². The normalized spacial score (nSPS) is 14.1. The van der Waals surface area contributed by atoms with Crippen molar-refractivity contribution >= 4 is 52.5 Å². The number of hydrogen-bond donors (Lipinski definition) is 2. The van der Waals surface area contributed by atoms with Crippen molar-refractivity contribution in [2.75, 3.05) is 16.9 Å². The van der Waals surface area contributed by atoms with Crippen molar-refractivity contribution in [1.29, 1.82) is 0 Å². The zero-order valence-corrected chi connectivity index (χ0v) is 19.0. The number of nitro groups is 1. The second kappa shape index (κ2) is 10.2. The smallest absolute Gasteiger partial charge is 0.313 e. The highest BCUT2D eigenvalue weighted by Crippen LogP contribution is 2.37. The van der Waals surface area contributed by atoms with Crippen LogP contribution in [0.5, 0.6) is 5.75 Å². The van der Waals surface area contributed by atoms with Gasteiger partial charge in [-0.15, -0.1) is 0 Å². The Morgan fingerprint density at radius 3 is 2.53 bits per heavy atom. The van der Waals surface area contributed by atoms with Crippen LogP contribution in [0.2, 0.25) is 5.02 Å². The first-order chi connectivity index (χ1) is 17.2. The lowest BCUT2D eigenvalue weighted by Crippen LogP contribution is -2.35. The maximum absolute atomic E-state index is 13.7. The third kappa shape index (κ3) is 5.15. The standard InChI is InChI=1S/C24H16ClFN4O6/c25-17-11-14(10-16-23(32)28-29(24(16)33)15-6-2-1-3-7-15)12-20(30(34)35)22(17)36-13-21(31)27-19-9-5-4-8-18(19)26/h1-12H,13H2,(H,27,31)(H,28,32)/b16-10-. The second-order valence-electron chi connectivity index (χ2n) is 7.40. The van der Waals surface area contributed by atoms with E-state index in [1.54, 1.807) is 30.3 Å². The van der Waals surface area contributed by atoms with Crippen LogP contribution >= 0.6 is 11.6 Å². The van der Waals surface area contributed by atoms with Crippen LogP contribution < -0.4 is 20.5 Å². The number of carbonyl (C=O) groups excluding carboxylic acids is 3. The molecule has 0 atom stereocenters. The number of rotatable bonds is 7. The summed E-state index contributed by atoms with van der Waals surface area (Å²) in [6.07, 6.45) is 1.16. The van der Waals surface area contributed by atoms with E-state index in [0.29, 0.717) is 5.69 Å². The quantitative estimate of drug-likeness (QED) is 0.215. The molecular weight excluding hydrogens is 495 g/mol. The van der Waals surface area contributed by atoms with Gasteiger partial charge in [0.05, 0.1) is 21.3 Å². The van der Waals surface area contributed by atoms with Crippen LogP contribution in [0.4, 0.5) is 21.5 Å². The minimum absolute atomic E-state index is 0.0854. The molecule has 0 radical (unpaired) electrons. The summed E-state index contributed by atoms with van der Waals surface area (Å²) in [5.74, 6) is -3.20. The summed E-state index contributed by atoms with van der Waals surface area (Å²) < 4.78 is 19.0. The van der Waals surface area contributed by atoms with E-state index in [9.17, 15) is 28.9 Å². The van der Waals surface area contributed by atoms with Crippen molar-refractivity contribution in [2.45, 2.75) is 0 Å². The molecule has 1 aliphatic rings. The van der Waals surface area contributed by atoms with Gasteiger partial charge in [0.2, 0.25) is 5.75 Å². The molecule has 36 heavy (non-hydrogen) atoms. The van der Waals surface area contributed by atoms with Crippen molar-refractivity contribution in [1.82, 2.24) is 5.43 Å². The van der Waals surface area contributed by atoms with Crippen LogP contribution in [0, 0.1) is 15.9 Å². The van der Waals surface area contributed by atoms with Gasteiger partial charge in [0.1, 0.15) is 11.4 Å². The first-order valence-electron chi connectivity index (χ1n) is 10.3. The lowest BCUT2D eigenvalue weighted by atomic mass is 10.1. The molecule has 3 amide bonds. The zero-order valence-electron chi connectivity index (χ0n) is 18.2. The van der Waals surface area contributed by atoms with Crippen LogP contribution in [-0.2, 0) is 14.4 Å². The Kier molecular flexibility index (Phi) is 6.93. The maximum atomic E-state index is 13.7. The Morgan fingerprint density at radius 1 is 1.14 bits per heavy atom. The number of para-hydroxylation sites is 2. The van der Waals surface area contributed by atoms with Gasteiger partial charge in [0.25, 0.3) is 17.7 Å². The van der Waals surface area contributed by atoms with Gasteiger partial charge in [0.15, 0.2) is 6.61 Å². The maximum Gasteiger partial charge on any atom is 0.313 e. The molecule has 0 unspecified atom stereocenters. The third-order valence-electron chi connectivity index (χ3n) is 4.96. The average molecular weight is 511 g/mol. The highest BCUT2D eigenvalue weighted by atomic mass is 35.5. The highest BCUT2D eigenvalue weighted by Gasteiger charge is 2.34. The van der Waals surface area contributed by atoms with E-state index in [2.05, 4.69) is 10.7 Å². The molecule has 4 rings (SSSR count). The summed E-state index contributed by atoms with van der Waals surface area (Å²) in [6.45, 7) is -0.692. The minimum atomic E-state index is -0.787. The number of amides is 3. The van der Waals surface area contributed by atoms with Crippen molar-refractivity contribution in [3.63, 3.8) is 0 Å². The lowest BCUT2D eigenvalue weighted by Gasteiger charge is -2.13. The number of hydrazine groups is 1. The summed E-state index contributed by atoms with van der Waals surface area (Å²) in [7, 11) is 0. The van der Waals surface area contributed by atoms with Gasteiger partial charge in [-0.1, -0.05) is 41.9 Å². The fraction of sp³-hybridized carbons (Fsp3) is 0.0417. The molecule has 0 bridgehead atoms. The predicted molar refractivity (Wildman–Crippen MR) is 129 cm³/mol. The Bertz CT molecular complexity index is 1410. The van der Waals surface area contributed by atoms with Crippen molar-refractivity contribution in [3.05, 3.63) is 98.8 Å². The number of ether oxygens (including phenoxy) is 1. The summed E-state index contributed by atoms with van der Waals surface area (Å²) in [6, 6.07) is 16.1. The van der Waals surface area contributed by atoms with E-state index in [-0.39, 0.29) is 21.8 Å². The highest BCUT2D eigenvalue weighted by molar-refractivity contribution is 6.33. The second-order valence-corrected chi connectivity index (χ2v) is 7.81. The minimum Gasteiger partial charge on any atom is -0.476 e. The number of halogens is 2. The molecule has 1 saturated heterocycles. The lowest BCUT2D eigenvalue weighted by molar-refractivity contribution is -0.385. The van der Waals surface area contributed by atoms with Crippen molar-refractivity contribution in [2.24, 2.45) is 0 Å². The van der Waals surface area contributed by atoms with Crippen LogP contribution in [0.3, 0.4) is 0 Å². The molecule has 3 aromatic carbocycles. The van der Waals surface area contributed by atoms with Gasteiger partial charge < -0.3 is 10.1 Å². The number of nitro benzene ring substituents is 1. The number of nitrogens with one attached hydrogen (secondary N) is 2. The monoisotopic (exact) mass is 510 g/mol. The van der Waals surface area contributed by atoms with Gasteiger partial charge >= 0.3 is 5.69 Å². The number of anilines is 2. The van der Waals surface area contributed by atoms with E-state index in [1.165, 1.54) is 24.3 Å². The summed E-state index contributed by atoms with van der Waals surface area (Å²) in [4.78, 5) is 48.1. The van der Waals surface area contributed by atoms with E-state index < -0.39 is 46.5 Å². The summed E-state index contributed by atoms with van der Waals surface area (Å²) >= 11 is 6.18. The first-order valence-corrected chi connectivity index (χ1v) is 10.7. The molecule has 3 aromatic rings. The molecule has 1 fully saturated rings. The van der Waals surface area contributed by atoms with Gasteiger partial charge in [0, 0.05) is 6.07 Å². The third-order valence-corrected chi connectivity index (χ3v) is 5.24. The Hall–Kier alpha value is -4.77. The van der Waals surface area contributed by atoms with Crippen LogP contribution in [0.1, 0.15) is 5.56 Å². The van der Waals surface area contributed by atoms with E-state index in [0.717, 1.165) is 23.2 Å². The van der Waals surface area contributed by atoms with Crippen molar-refractivity contribution in [3.8, 4) is 5.75 Å². The van der Waals surface area contributed by atoms with Crippen LogP contribution in [0.25, 0.3) is 6.08 Å². The van der Waals surface area contributed by atoms with Gasteiger partial charge in [-0.2, -0.15) is 0 Å². The molecule has 1 heterocycles. The summed E-state index contributed by atoms with van der Waals surface area (Å²) in [5.41, 5.74) is 2.00. The molecular formula is C24H16ClFN4O6. The molecule has 182 valence electrons. The van der Waals surface area contributed by atoms with Gasteiger partial charge in [-0.05, 0) is 42.0 Å². The van der Waals surface area contributed by atoms with E-state index in [4.69, 9.17) is 16.3 Å². The Balaban J connectivity index is 1.55. The predicted octanol–water partition coefficient (Wildman–Crippen LogP) is 3.87. The zero-order chi connectivity index (χ0) is 25.8. The molecule has 0 aromatic heterocycles. The fourth-order valence-corrected chi connectivity index (χ4v) is 3.61. The van der Waals surface area contributed by atoms with Gasteiger partial charge in [-0.3, -0.25) is 29.9 Å². The molecule has 0 aliphatic carbocycles. The molecule has 0 saturated carbocycles. The number of hydrogen-bond acceptors (Lipinski definition) is 6. The largest absolute Gasteiger partial charge is 0.476 e. The van der Waals surface area contributed by atoms with E-state index >= 15 is 0 Å². The number of benzene rings is 3. The molecule has 10 nitrogen and oxygen atoms in total. The fourth-order valence-electron chi connectivity index (χ4n) is 3.33. The van der Waals surface area contributed by atoms with Crippen LogP contribution in [-0.4, -0.2) is 29.3 Å². The Morgan fingerprint density at radius 2 is 1.83 bits per heavy atom. The molecule has 0 spiro atoms. The average Bonchev–Trinajstić information content (AvgIpc) is 3.13. The van der Waals surface area contributed by atoms with E-state index in [1.807, 2.05) is 0 Å². The number of carbonyl (C=O) groups is 3. The van der Waals surface area contributed by atoms with Crippen LogP contribution in [0.15, 0.2) is 72.3 Å². The molecule has 1 aliphatic heterocycles. The first kappa shape index (κ1) is 24.4. The van der Waals surface area contributed by atoms with Crippen molar-refractivity contribution < 1.29 is 28.4 Å². The Labute approximate surface area is 208 Å². The molecule has 12 heteroatoms. The SMILES string of the molecule is O=C(COc1c(Cl)cc(/C=C2/C(=O)NN(c3ccccc3)C2=O)cc1[N+](=O)[O-])Nc1ccccc1F. The number of nitrogens with zero attached hydrogens (tertiary/aromatic N) is 2. The summed E-state index contributed by atoms with van der Waals surface area (Å²) in [5, 5.41) is 14.8.